The molecule has 1 N–H and O–H groups in total. The van der Waals surface area contributed by atoms with E-state index in [0.29, 0.717) is 13.2 Å². The maximum Gasteiger partial charge on any atom is 0.194 e. The van der Waals surface area contributed by atoms with Crippen molar-refractivity contribution in [2.45, 2.75) is 13.5 Å². The van der Waals surface area contributed by atoms with Crippen molar-refractivity contribution < 1.29 is 13.2 Å². The molecule has 7 nitrogen and oxygen atoms in total. The molecule has 1 saturated heterocycles. The summed E-state index contributed by atoms with van der Waals surface area (Å²) in [4.78, 5) is 10.6. The third kappa shape index (κ3) is 10.1. The molecule has 1 aliphatic heterocycles. The fourth-order valence-corrected chi connectivity index (χ4v) is 4.28. The van der Waals surface area contributed by atoms with Gasteiger partial charge < -0.3 is 15.0 Å². The number of aliphatic imine (C=N–C) groups is 1. The van der Waals surface area contributed by atoms with Crippen LogP contribution in [0.15, 0.2) is 17.1 Å². The van der Waals surface area contributed by atoms with Crippen molar-refractivity contribution >= 4 is 62.7 Å². The number of nitrogens with one attached hydrogen (secondary N) is 1. The van der Waals surface area contributed by atoms with Crippen LogP contribution >= 0.6 is 46.9 Å². The average molecular weight is 565 g/mol. The van der Waals surface area contributed by atoms with Gasteiger partial charge in [-0.15, -0.1) is 35.3 Å². The summed E-state index contributed by atoms with van der Waals surface area (Å²) < 4.78 is 28.3. The van der Waals surface area contributed by atoms with Gasteiger partial charge in [0.1, 0.15) is 9.84 Å². The summed E-state index contributed by atoms with van der Waals surface area (Å²) in [5.41, 5.74) is 0. The van der Waals surface area contributed by atoms with Gasteiger partial charge in [-0.25, -0.2) is 8.42 Å². The molecule has 0 aromatic carbocycles. The molecule has 1 aliphatic rings. The lowest BCUT2D eigenvalue weighted by Crippen LogP contribution is -2.52. The summed E-state index contributed by atoms with van der Waals surface area (Å²) in [6, 6.07) is 4.04. The number of piperazine rings is 1. The number of halogens is 2. The highest BCUT2D eigenvalue weighted by molar-refractivity contribution is 14.0. The van der Waals surface area contributed by atoms with Gasteiger partial charge in [-0.05, 0) is 19.1 Å². The van der Waals surface area contributed by atoms with Crippen molar-refractivity contribution in [3.63, 3.8) is 0 Å². The summed E-state index contributed by atoms with van der Waals surface area (Å²) in [7, 11) is -2.97. The zero-order valence-electron chi connectivity index (χ0n) is 16.4. The van der Waals surface area contributed by atoms with Crippen LogP contribution in [0.5, 0.6) is 0 Å². The number of nitrogens with zero attached hydrogens (tertiary/aromatic N) is 3. The molecule has 162 valence electrons. The second kappa shape index (κ2) is 13.2. The van der Waals surface area contributed by atoms with E-state index >= 15 is 0 Å². The van der Waals surface area contributed by atoms with Gasteiger partial charge >= 0.3 is 0 Å². The number of sulfone groups is 1. The third-order valence-electron chi connectivity index (χ3n) is 4.11. The van der Waals surface area contributed by atoms with Crippen molar-refractivity contribution in [1.29, 1.82) is 0 Å². The SMILES string of the molecule is CCNC(=NCCOCCS(C)(=O)=O)N1CCN(Cc2ccc(Cl)s2)CC1.I. The van der Waals surface area contributed by atoms with E-state index in [1.807, 2.05) is 6.07 Å². The lowest BCUT2D eigenvalue weighted by molar-refractivity contribution is 0.155. The first kappa shape index (κ1) is 25.9. The van der Waals surface area contributed by atoms with E-state index in [1.165, 1.54) is 11.1 Å². The van der Waals surface area contributed by atoms with Gasteiger partial charge in [0.2, 0.25) is 0 Å². The first-order chi connectivity index (χ1) is 12.9. The molecule has 0 amide bonds. The normalized spacial score (nSPS) is 16.1. The van der Waals surface area contributed by atoms with Crippen molar-refractivity contribution in [2.24, 2.45) is 4.99 Å². The van der Waals surface area contributed by atoms with Gasteiger partial charge in [0.25, 0.3) is 0 Å². The number of hydrogen-bond donors (Lipinski definition) is 1. The summed E-state index contributed by atoms with van der Waals surface area (Å²) >= 11 is 7.65. The highest BCUT2D eigenvalue weighted by atomic mass is 127. The fraction of sp³-hybridized carbons (Fsp3) is 0.706. The van der Waals surface area contributed by atoms with Crippen LogP contribution in [-0.2, 0) is 21.1 Å². The summed E-state index contributed by atoms with van der Waals surface area (Å²) in [6.45, 7) is 8.73. The Hall–Kier alpha value is -0.140. The molecular formula is C17H30ClIN4O3S2. The molecule has 1 aromatic rings. The second-order valence-electron chi connectivity index (χ2n) is 6.45. The number of hydrogen-bond acceptors (Lipinski definition) is 6. The molecule has 0 bridgehead atoms. The van der Waals surface area contributed by atoms with Crippen LogP contribution in [0.25, 0.3) is 0 Å². The molecule has 11 heteroatoms. The van der Waals surface area contributed by atoms with Gasteiger partial charge in [0.05, 0.1) is 29.8 Å². The Kier molecular flexibility index (Phi) is 12.2. The average Bonchev–Trinajstić information content (AvgIpc) is 3.01. The first-order valence-corrected chi connectivity index (χ1v) is 12.4. The van der Waals surface area contributed by atoms with Gasteiger partial charge in [0.15, 0.2) is 5.96 Å². The largest absolute Gasteiger partial charge is 0.378 e. The highest BCUT2D eigenvalue weighted by Gasteiger charge is 2.20. The van der Waals surface area contributed by atoms with E-state index in [9.17, 15) is 8.42 Å². The molecule has 0 aliphatic carbocycles. The molecule has 0 unspecified atom stereocenters. The van der Waals surface area contributed by atoms with E-state index < -0.39 is 9.84 Å². The monoisotopic (exact) mass is 564 g/mol. The van der Waals surface area contributed by atoms with E-state index in [4.69, 9.17) is 16.3 Å². The van der Waals surface area contributed by atoms with Crippen LogP contribution in [0.3, 0.4) is 0 Å². The van der Waals surface area contributed by atoms with E-state index in [1.54, 1.807) is 11.3 Å². The van der Waals surface area contributed by atoms with Gasteiger partial charge in [0, 0.05) is 50.4 Å². The molecule has 0 spiro atoms. The van der Waals surface area contributed by atoms with E-state index in [2.05, 4.69) is 33.1 Å². The molecular weight excluding hydrogens is 535 g/mol. The molecule has 0 radical (unpaired) electrons. The quantitative estimate of drug-likeness (QED) is 0.215. The Balaban J connectivity index is 0.00000392. The lowest BCUT2D eigenvalue weighted by Gasteiger charge is -2.36. The van der Waals surface area contributed by atoms with Crippen molar-refractivity contribution in [3.8, 4) is 0 Å². The summed E-state index contributed by atoms with van der Waals surface area (Å²) in [5, 5.41) is 3.33. The van der Waals surface area contributed by atoms with Gasteiger partial charge in [-0.2, -0.15) is 0 Å². The minimum absolute atomic E-state index is 0. The van der Waals surface area contributed by atoms with Crippen molar-refractivity contribution in [2.75, 3.05) is 64.5 Å². The number of thiophene rings is 1. The van der Waals surface area contributed by atoms with Gasteiger partial charge in [-0.1, -0.05) is 11.6 Å². The maximum absolute atomic E-state index is 11.1. The minimum atomic E-state index is -2.97. The third-order valence-corrected chi connectivity index (χ3v) is 6.23. The smallest absolute Gasteiger partial charge is 0.194 e. The molecule has 1 aromatic heterocycles. The first-order valence-electron chi connectivity index (χ1n) is 9.12. The predicted octanol–water partition coefficient (Wildman–Crippen LogP) is 2.16. The Morgan fingerprint density at radius 2 is 2.00 bits per heavy atom. The minimum Gasteiger partial charge on any atom is -0.378 e. The molecule has 2 rings (SSSR count). The van der Waals surface area contributed by atoms with E-state index in [0.717, 1.165) is 49.6 Å². The molecule has 2 heterocycles. The Morgan fingerprint density at radius 1 is 1.29 bits per heavy atom. The fourth-order valence-electron chi connectivity index (χ4n) is 2.73. The Labute approximate surface area is 194 Å². The number of guanidine groups is 1. The molecule has 1 fully saturated rings. The van der Waals surface area contributed by atoms with Gasteiger partial charge in [-0.3, -0.25) is 9.89 Å². The zero-order valence-corrected chi connectivity index (χ0v) is 21.1. The maximum atomic E-state index is 11.1. The van der Waals surface area contributed by atoms with Crippen LogP contribution in [0.1, 0.15) is 11.8 Å². The molecule has 28 heavy (non-hydrogen) atoms. The van der Waals surface area contributed by atoms with Crippen LogP contribution in [0.2, 0.25) is 4.34 Å². The number of rotatable bonds is 9. The Morgan fingerprint density at radius 3 is 2.57 bits per heavy atom. The topological polar surface area (TPSA) is 74.2 Å². The summed E-state index contributed by atoms with van der Waals surface area (Å²) in [6.07, 6.45) is 1.21. The second-order valence-corrected chi connectivity index (χ2v) is 10.5. The van der Waals surface area contributed by atoms with Crippen molar-refractivity contribution in [3.05, 3.63) is 21.3 Å². The number of ether oxygens (including phenoxy) is 1. The zero-order chi connectivity index (χ0) is 19.7. The molecule has 0 atom stereocenters. The van der Waals surface area contributed by atoms with Crippen LogP contribution in [0, 0.1) is 0 Å². The van der Waals surface area contributed by atoms with Crippen LogP contribution in [-0.4, -0.2) is 88.7 Å². The van der Waals surface area contributed by atoms with Crippen LogP contribution < -0.4 is 5.32 Å². The van der Waals surface area contributed by atoms with Crippen LogP contribution in [0.4, 0.5) is 0 Å². The van der Waals surface area contributed by atoms with E-state index in [-0.39, 0.29) is 36.3 Å². The summed E-state index contributed by atoms with van der Waals surface area (Å²) in [5.74, 6) is 0.941. The van der Waals surface area contributed by atoms with Crippen molar-refractivity contribution in [1.82, 2.24) is 15.1 Å². The Bertz CT molecular complexity index is 707. The highest BCUT2D eigenvalue weighted by Crippen LogP contribution is 2.23. The lowest BCUT2D eigenvalue weighted by atomic mass is 10.3. The standard InChI is InChI=1S/C17H29ClN4O3S2.HI/c1-3-19-17(20-6-11-25-12-13-27(2,23)24)22-9-7-21(8-10-22)14-15-4-5-16(18)26-15;/h4-5H,3,6-14H2,1-2H3,(H,19,20);1H. The molecule has 0 saturated carbocycles. The predicted molar refractivity (Wildman–Crippen MR) is 128 cm³/mol.